The number of piperidine rings is 1. The lowest BCUT2D eigenvalue weighted by molar-refractivity contribution is 0.0602. The van der Waals surface area contributed by atoms with Crippen LogP contribution in [0.1, 0.15) is 22.5 Å². The van der Waals surface area contributed by atoms with Crippen molar-refractivity contribution in [1.29, 1.82) is 0 Å². The van der Waals surface area contributed by atoms with Gasteiger partial charge in [0.25, 0.3) is 0 Å². The highest BCUT2D eigenvalue weighted by atomic mass is 79.9. The first-order valence-corrected chi connectivity index (χ1v) is 14.3. The van der Waals surface area contributed by atoms with Gasteiger partial charge in [0.1, 0.15) is 10.7 Å². The molecule has 0 amide bonds. The number of nitrogens with one attached hydrogen (secondary N) is 1. The summed E-state index contributed by atoms with van der Waals surface area (Å²) in [6.45, 7) is 0.565. The number of methoxy groups -OCH3 is 1. The van der Waals surface area contributed by atoms with Crippen molar-refractivity contribution >= 4 is 66.5 Å². The van der Waals surface area contributed by atoms with Crippen molar-refractivity contribution in [3.05, 3.63) is 57.1 Å². The molecule has 4 aromatic rings. The molecule has 14 heteroatoms. The number of nitrogens with zero attached hydrogens (tertiary/aromatic N) is 5. The van der Waals surface area contributed by atoms with E-state index in [2.05, 4.69) is 30.7 Å². The van der Waals surface area contributed by atoms with E-state index in [4.69, 9.17) is 21.3 Å². The van der Waals surface area contributed by atoms with Crippen LogP contribution in [0.2, 0.25) is 5.02 Å². The Bertz CT molecular complexity index is 1550. The Balaban J connectivity index is 1.37. The molecular weight excluding hydrogens is 592 g/mol. The topological polar surface area (TPSA) is 119 Å². The molecule has 3 aromatic heterocycles. The predicted octanol–water partition coefficient (Wildman–Crippen LogP) is 4.32. The third kappa shape index (κ3) is 4.61. The molecule has 0 aliphatic carbocycles. The van der Waals surface area contributed by atoms with Crippen LogP contribution in [0.15, 0.2) is 52.1 Å². The van der Waals surface area contributed by atoms with Gasteiger partial charge >= 0.3 is 5.97 Å². The van der Waals surface area contributed by atoms with Crippen molar-refractivity contribution in [2.24, 2.45) is 0 Å². The highest BCUT2D eigenvalue weighted by Crippen LogP contribution is 2.32. The Hall–Kier alpha value is -2.58. The van der Waals surface area contributed by atoms with E-state index in [1.54, 1.807) is 10.7 Å². The minimum absolute atomic E-state index is 0.00945. The molecule has 1 N–H and O–H groups in total. The number of anilines is 1. The van der Waals surface area contributed by atoms with Gasteiger partial charge in [-0.1, -0.05) is 29.8 Å². The summed E-state index contributed by atoms with van der Waals surface area (Å²) < 4.78 is 38.8. The van der Waals surface area contributed by atoms with E-state index in [-0.39, 0.29) is 28.9 Å². The van der Waals surface area contributed by atoms with Crippen molar-refractivity contribution in [3.63, 3.8) is 0 Å². The third-order valence-corrected chi connectivity index (χ3v) is 9.62. The summed E-state index contributed by atoms with van der Waals surface area (Å²) in [6, 6.07) is 9.35. The molecule has 1 aliphatic rings. The zero-order valence-electron chi connectivity index (χ0n) is 18.9. The molecular formula is C22H20BrClN6O4S2. The summed E-state index contributed by atoms with van der Waals surface area (Å²) in [5.74, 6) is 0.00553. The molecule has 1 fully saturated rings. The standard InChI is InChI=1S/C22H20BrClN6O4S2/c1-34-22(31)20-18(12-26-35-20)36(32,33)29-8-6-13(7-9-29)27-19-10-17(14-4-2-3-5-16(14)24)28-21-15(23)11-25-30(19)21/h2-5,10-13,27H,6-9H2,1H3. The van der Waals surface area contributed by atoms with Crippen molar-refractivity contribution in [3.8, 4) is 11.3 Å². The molecule has 1 aromatic carbocycles. The highest BCUT2D eigenvalue weighted by Gasteiger charge is 2.34. The maximum absolute atomic E-state index is 13.2. The van der Waals surface area contributed by atoms with Gasteiger partial charge < -0.3 is 10.1 Å². The fourth-order valence-corrected chi connectivity index (χ4v) is 7.19. The molecule has 0 spiro atoms. The van der Waals surface area contributed by atoms with Gasteiger partial charge in [-0.2, -0.15) is 18.3 Å². The number of ether oxygens (including phenoxy) is 1. The fraction of sp³-hybridized carbons (Fsp3) is 0.273. The van der Waals surface area contributed by atoms with Crippen LogP contribution in [0.4, 0.5) is 5.82 Å². The fourth-order valence-electron chi connectivity index (χ4n) is 4.08. The lowest BCUT2D eigenvalue weighted by Gasteiger charge is -2.32. The van der Waals surface area contributed by atoms with Gasteiger partial charge in [-0.15, -0.1) is 0 Å². The highest BCUT2D eigenvalue weighted by molar-refractivity contribution is 9.10. The van der Waals surface area contributed by atoms with Crippen LogP contribution < -0.4 is 5.32 Å². The number of rotatable bonds is 6. The van der Waals surface area contributed by atoms with E-state index in [0.717, 1.165) is 27.4 Å². The van der Waals surface area contributed by atoms with E-state index < -0.39 is 16.0 Å². The molecule has 1 aliphatic heterocycles. The van der Waals surface area contributed by atoms with Gasteiger partial charge in [-0.3, -0.25) is 0 Å². The van der Waals surface area contributed by atoms with E-state index in [1.165, 1.54) is 17.6 Å². The second-order valence-corrected chi connectivity index (χ2v) is 12.0. The van der Waals surface area contributed by atoms with E-state index >= 15 is 0 Å². The molecule has 10 nitrogen and oxygen atoms in total. The van der Waals surface area contributed by atoms with Gasteiger partial charge in [-0.25, -0.2) is 18.2 Å². The van der Waals surface area contributed by atoms with Gasteiger partial charge in [0.15, 0.2) is 10.5 Å². The Kier molecular flexibility index (Phi) is 7.01. The van der Waals surface area contributed by atoms with E-state index in [1.807, 2.05) is 30.3 Å². The SMILES string of the molecule is COC(=O)c1sncc1S(=O)(=O)N1CCC(Nc2cc(-c3ccccc3Cl)nc3c(Br)cnn23)CC1. The Labute approximate surface area is 224 Å². The van der Waals surface area contributed by atoms with Crippen molar-refractivity contribution in [2.45, 2.75) is 23.8 Å². The van der Waals surface area contributed by atoms with Gasteiger partial charge in [0, 0.05) is 35.8 Å². The van der Waals surface area contributed by atoms with Crippen LogP contribution >= 0.6 is 39.1 Å². The average Bonchev–Trinajstić information content (AvgIpc) is 3.52. The Morgan fingerprint density at radius 1 is 1.25 bits per heavy atom. The number of carbonyl (C=O) groups excluding carboxylic acids is 1. The quantitative estimate of drug-likeness (QED) is 0.320. The van der Waals surface area contributed by atoms with Crippen molar-refractivity contribution in [2.75, 3.05) is 25.5 Å². The first kappa shape index (κ1) is 25.1. The predicted molar refractivity (Wildman–Crippen MR) is 140 cm³/mol. The molecule has 0 atom stereocenters. The van der Waals surface area contributed by atoms with Crippen molar-refractivity contribution in [1.82, 2.24) is 23.3 Å². The van der Waals surface area contributed by atoms with Crippen LogP contribution in [-0.4, -0.2) is 63.9 Å². The van der Waals surface area contributed by atoms with Crippen LogP contribution in [0.25, 0.3) is 16.9 Å². The largest absolute Gasteiger partial charge is 0.465 e. The van der Waals surface area contributed by atoms with E-state index in [9.17, 15) is 13.2 Å². The van der Waals surface area contributed by atoms with Crippen LogP contribution in [0, 0.1) is 0 Å². The third-order valence-electron chi connectivity index (χ3n) is 5.91. The molecule has 36 heavy (non-hydrogen) atoms. The number of benzene rings is 1. The average molecular weight is 612 g/mol. The zero-order chi connectivity index (χ0) is 25.4. The van der Waals surface area contributed by atoms with Gasteiger partial charge in [0.05, 0.1) is 29.7 Å². The molecule has 4 heterocycles. The Morgan fingerprint density at radius 2 is 2.00 bits per heavy atom. The summed E-state index contributed by atoms with van der Waals surface area (Å²) in [6.07, 6.45) is 3.99. The normalized spacial score (nSPS) is 15.3. The minimum Gasteiger partial charge on any atom is -0.465 e. The second-order valence-electron chi connectivity index (χ2n) is 8.07. The maximum atomic E-state index is 13.2. The van der Waals surface area contributed by atoms with Crippen LogP contribution in [-0.2, 0) is 14.8 Å². The number of halogens is 2. The smallest absolute Gasteiger partial charge is 0.351 e. The lowest BCUT2D eigenvalue weighted by atomic mass is 10.1. The first-order valence-electron chi connectivity index (χ1n) is 10.9. The molecule has 0 bridgehead atoms. The summed E-state index contributed by atoms with van der Waals surface area (Å²) >= 11 is 10.7. The molecule has 0 radical (unpaired) electrons. The van der Waals surface area contributed by atoms with E-state index in [0.29, 0.717) is 29.2 Å². The summed E-state index contributed by atoms with van der Waals surface area (Å²) in [5.41, 5.74) is 2.12. The number of aromatic nitrogens is 4. The summed E-state index contributed by atoms with van der Waals surface area (Å²) in [7, 11) is -2.67. The Morgan fingerprint density at radius 3 is 2.72 bits per heavy atom. The summed E-state index contributed by atoms with van der Waals surface area (Å²) in [4.78, 5) is 16.6. The number of fused-ring (bicyclic) bond motifs is 1. The molecule has 0 saturated carbocycles. The van der Waals surface area contributed by atoms with Gasteiger partial charge in [0.2, 0.25) is 10.0 Å². The van der Waals surface area contributed by atoms with Crippen molar-refractivity contribution < 1.29 is 17.9 Å². The minimum atomic E-state index is -3.88. The molecule has 0 unspecified atom stereocenters. The maximum Gasteiger partial charge on any atom is 0.351 e. The number of hydrogen-bond donors (Lipinski definition) is 1. The molecule has 188 valence electrons. The number of sulfonamides is 1. The number of esters is 1. The first-order chi connectivity index (χ1) is 17.3. The van der Waals surface area contributed by atoms with Crippen LogP contribution in [0.5, 0.6) is 0 Å². The van der Waals surface area contributed by atoms with Gasteiger partial charge in [-0.05, 0) is 46.4 Å². The molecule has 1 saturated heterocycles. The number of hydrogen-bond acceptors (Lipinski definition) is 9. The zero-order valence-corrected chi connectivity index (χ0v) is 22.9. The molecule has 5 rings (SSSR count). The second kappa shape index (κ2) is 10.1. The number of carbonyl (C=O) groups is 1. The monoisotopic (exact) mass is 610 g/mol. The lowest BCUT2D eigenvalue weighted by Crippen LogP contribution is -2.42. The van der Waals surface area contributed by atoms with Crippen LogP contribution in [0.3, 0.4) is 0 Å². The summed E-state index contributed by atoms with van der Waals surface area (Å²) in [5, 5.41) is 8.51.